The molecule has 0 aliphatic heterocycles. The Morgan fingerprint density at radius 3 is 2.38 bits per heavy atom. The average Bonchev–Trinajstić information content (AvgIpc) is 2.54. The van der Waals surface area contributed by atoms with E-state index >= 15 is 0 Å². The highest BCUT2D eigenvalue weighted by Crippen LogP contribution is 2.06. The first-order chi connectivity index (χ1) is 10.3. The van der Waals surface area contributed by atoms with Gasteiger partial charge in [0.1, 0.15) is 0 Å². The standard InChI is InChI=1S/C18H19NO2/c1-15(12-13-16-8-4-2-5-9-16)18(20)19-21-14-17-10-6-3-7-11-17/h2-13,15H,14H2,1H3,(H,19,20)/t15-/m1/s1. The van der Waals surface area contributed by atoms with Crippen LogP contribution in [0, 0.1) is 5.92 Å². The minimum Gasteiger partial charge on any atom is -0.272 e. The lowest BCUT2D eigenvalue weighted by molar-refractivity contribution is -0.136. The fraction of sp³-hybridized carbons (Fsp3) is 0.167. The molecule has 2 aromatic carbocycles. The predicted octanol–water partition coefficient (Wildman–Crippen LogP) is 3.58. The third-order valence-electron chi connectivity index (χ3n) is 3.04. The largest absolute Gasteiger partial charge is 0.272 e. The van der Waals surface area contributed by atoms with E-state index in [2.05, 4.69) is 5.48 Å². The molecule has 1 atom stereocenters. The van der Waals surface area contributed by atoms with E-state index in [1.807, 2.05) is 79.7 Å². The Bertz CT molecular complexity index is 579. The van der Waals surface area contributed by atoms with Crippen LogP contribution in [0.3, 0.4) is 0 Å². The zero-order valence-corrected chi connectivity index (χ0v) is 12.0. The van der Waals surface area contributed by atoms with Crippen LogP contribution in [0.4, 0.5) is 0 Å². The van der Waals surface area contributed by atoms with Gasteiger partial charge in [0.05, 0.1) is 12.5 Å². The first-order valence-electron chi connectivity index (χ1n) is 6.94. The second-order valence-electron chi connectivity index (χ2n) is 4.80. The number of carbonyl (C=O) groups is 1. The van der Waals surface area contributed by atoms with Gasteiger partial charge in [0.15, 0.2) is 0 Å². The minimum absolute atomic E-state index is 0.155. The number of hydrogen-bond acceptors (Lipinski definition) is 2. The van der Waals surface area contributed by atoms with Gasteiger partial charge in [-0.2, -0.15) is 0 Å². The van der Waals surface area contributed by atoms with Crippen LogP contribution in [0.2, 0.25) is 0 Å². The maximum Gasteiger partial charge on any atom is 0.250 e. The molecule has 0 aliphatic rings. The number of rotatable bonds is 6. The summed E-state index contributed by atoms with van der Waals surface area (Å²) in [6, 6.07) is 19.6. The molecule has 3 nitrogen and oxygen atoms in total. The summed E-state index contributed by atoms with van der Waals surface area (Å²) in [5.74, 6) is -0.404. The Morgan fingerprint density at radius 2 is 1.71 bits per heavy atom. The van der Waals surface area contributed by atoms with E-state index in [1.54, 1.807) is 0 Å². The molecule has 0 saturated heterocycles. The van der Waals surface area contributed by atoms with Crippen molar-refractivity contribution < 1.29 is 9.63 Å². The number of carbonyl (C=O) groups excluding carboxylic acids is 1. The van der Waals surface area contributed by atoms with Gasteiger partial charge in [-0.3, -0.25) is 9.63 Å². The molecule has 0 bridgehead atoms. The van der Waals surface area contributed by atoms with Gasteiger partial charge in [0, 0.05) is 0 Å². The molecule has 0 saturated carbocycles. The number of benzene rings is 2. The van der Waals surface area contributed by atoms with E-state index in [1.165, 1.54) is 0 Å². The Labute approximate surface area is 125 Å². The van der Waals surface area contributed by atoms with Crippen molar-refractivity contribution in [1.82, 2.24) is 5.48 Å². The van der Waals surface area contributed by atoms with Crippen molar-refractivity contribution >= 4 is 12.0 Å². The molecule has 0 heterocycles. The van der Waals surface area contributed by atoms with Crippen LogP contribution in [-0.2, 0) is 16.2 Å². The van der Waals surface area contributed by atoms with E-state index in [0.29, 0.717) is 6.61 Å². The normalized spacial score (nSPS) is 12.2. The van der Waals surface area contributed by atoms with Gasteiger partial charge in [-0.25, -0.2) is 5.48 Å². The van der Waals surface area contributed by atoms with Crippen LogP contribution in [0.25, 0.3) is 6.08 Å². The van der Waals surface area contributed by atoms with Crippen molar-refractivity contribution in [2.24, 2.45) is 5.92 Å². The highest BCUT2D eigenvalue weighted by atomic mass is 16.6. The highest BCUT2D eigenvalue weighted by molar-refractivity contribution is 5.80. The van der Waals surface area contributed by atoms with Crippen molar-refractivity contribution in [3.63, 3.8) is 0 Å². The van der Waals surface area contributed by atoms with Gasteiger partial charge in [0.2, 0.25) is 5.91 Å². The van der Waals surface area contributed by atoms with Gasteiger partial charge >= 0.3 is 0 Å². The predicted molar refractivity (Wildman–Crippen MR) is 84.0 cm³/mol. The summed E-state index contributed by atoms with van der Waals surface area (Å²) in [5, 5.41) is 0. The summed E-state index contributed by atoms with van der Waals surface area (Å²) in [7, 11) is 0. The maximum atomic E-state index is 11.9. The molecular formula is C18H19NO2. The van der Waals surface area contributed by atoms with E-state index in [0.717, 1.165) is 11.1 Å². The molecule has 108 valence electrons. The molecule has 0 aromatic heterocycles. The lowest BCUT2D eigenvalue weighted by Crippen LogP contribution is -2.28. The van der Waals surface area contributed by atoms with Crippen LogP contribution < -0.4 is 5.48 Å². The van der Waals surface area contributed by atoms with Crippen molar-refractivity contribution in [2.75, 3.05) is 0 Å². The molecule has 21 heavy (non-hydrogen) atoms. The highest BCUT2D eigenvalue weighted by Gasteiger charge is 2.08. The van der Waals surface area contributed by atoms with E-state index in [-0.39, 0.29) is 11.8 Å². The Morgan fingerprint density at radius 1 is 1.10 bits per heavy atom. The zero-order chi connectivity index (χ0) is 14.9. The lowest BCUT2D eigenvalue weighted by Gasteiger charge is -2.08. The molecule has 1 N–H and O–H groups in total. The average molecular weight is 281 g/mol. The van der Waals surface area contributed by atoms with Crippen molar-refractivity contribution in [1.29, 1.82) is 0 Å². The number of nitrogens with one attached hydrogen (secondary N) is 1. The molecule has 1 amide bonds. The van der Waals surface area contributed by atoms with Crippen molar-refractivity contribution in [3.8, 4) is 0 Å². The monoisotopic (exact) mass is 281 g/mol. The third-order valence-corrected chi connectivity index (χ3v) is 3.04. The van der Waals surface area contributed by atoms with Crippen molar-refractivity contribution in [2.45, 2.75) is 13.5 Å². The van der Waals surface area contributed by atoms with Crippen LogP contribution in [0.15, 0.2) is 66.7 Å². The molecule has 0 aliphatic carbocycles. The Kier molecular flexibility index (Phi) is 5.73. The summed E-state index contributed by atoms with van der Waals surface area (Å²) in [5.41, 5.74) is 4.57. The Balaban J connectivity index is 1.76. The first-order valence-corrected chi connectivity index (χ1v) is 6.94. The molecule has 2 rings (SSSR count). The summed E-state index contributed by atoms with van der Waals surface area (Å²) in [6.45, 7) is 2.20. The van der Waals surface area contributed by atoms with Crippen LogP contribution in [0.5, 0.6) is 0 Å². The van der Waals surface area contributed by atoms with Gasteiger partial charge in [0.25, 0.3) is 0 Å². The molecule has 2 aromatic rings. The van der Waals surface area contributed by atoms with Crippen LogP contribution in [-0.4, -0.2) is 5.91 Å². The van der Waals surface area contributed by atoms with Gasteiger partial charge in [-0.05, 0) is 11.1 Å². The van der Waals surface area contributed by atoms with Gasteiger partial charge < -0.3 is 0 Å². The van der Waals surface area contributed by atoms with E-state index in [9.17, 15) is 4.79 Å². The topological polar surface area (TPSA) is 38.3 Å². The van der Waals surface area contributed by atoms with E-state index in [4.69, 9.17) is 4.84 Å². The SMILES string of the molecule is C[C@H](C=Cc1ccccc1)C(=O)NOCc1ccccc1. The van der Waals surface area contributed by atoms with Gasteiger partial charge in [-0.15, -0.1) is 0 Å². The number of amides is 1. The zero-order valence-electron chi connectivity index (χ0n) is 12.0. The summed E-state index contributed by atoms with van der Waals surface area (Å²) in [6.07, 6.45) is 3.79. The fourth-order valence-corrected chi connectivity index (χ4v) is 1.76. The summed E-state index contributed by atoms with van der Waals surface area (Å²) >= 11 is 0. The summed E-state index contributed by atoms with van der Waals surface area (Å²) in [4.78, 5) is 17.1. The second-order valence-corrected chi connectivity index (χ2v) is 4.80. The lowest BCUT2D eigenvalue weighted by atomic mass is 10.1. The van der Waals surface area contributed by atoms with E-state index < -0.39 is 0 Å². The summed E-state index contributed by atoms with van der Waals surface area (Å²) < 4.78 is 0. The number of hydrogen-bond donors (Lipinski definition) is 1. The third kappa shape index (κ3) is 5.24. The minimum atomic E-state index is -0.249. The van der Waals surface area contributed by atoms with Crippen molar-refractivity contribution in [3.05, 3.63) is 77.9 Å². The molecule has 3 heteroatoms. The van der Waals surface area contributed by atoms with Crippen LogP contribution >= 0.6 is 0 Å². The molecule has 0 radical (unpaired) electrons. The second kappa shape index (κ2) is 8.02. The Hall–Kier alpha value is -2.39. The maximum absolute atomic E-state index is 11.9. The fourth-order valence-electron chi connectivity index (χ4n) is 1.76. The first kappa shape index (κ1) is 15.0. The molecular weight excluding hydrogens is 262 g/mol. The molecule has 0 spiro atoms. The number of hydroxylamine groups is 1. The quantitative estimate of drug-likeness (QED) is 0.822. The van der Waals surface area contributed by atoms with Gasteiger partial charge in [-0.1, -0.05) is 79.7 Å². The molecule has 0 fully saturated rings. The van der Waals surface area contributed by atoms with Crippen LogP contribution in [0.1, 0.15) is 18.1 Å². The smallest absolute Gasteiger partial charge is 0.250 e. The molecule has 0 unspecified atom stereocenters.